The van der Waals surface area contributed by atoms with Gasteiger partial charge in [-0.2, -0.15) is 10.2 Å². The summed E-state index contributed by atoms with van der Waals surface area (Å²) in [5.74, 6) is 1.10. The van der Waals surface area contributed by atoms with Crippen LogP contribution in [0.3, 0.4) is 0 Å². The van der Waals surface area contributed by atoms with Crippen molar-refractivity contribution in [3.63, 3.8) is 0 Å². The summed E-state index contributed by atoms with van der Waals surface area (Å²) in [5.41, 5.74) is 6.36. The van der Waals surface area contributed by atoms with Gasteiger partial charge < -0.3 is 14.9 Å². The van der Waals surface area contributed by atoms with E-state index in [2.05, 4.69) is 4.98 Å². The summed E-state index contributed by atoms with van der Waals surface area (Å²) in [6.07, 6.45) is 0.939. The van der Waals surface area contributed by atoms with Crippen LogP contribution in [0.4, 0.5) is 5.88 Å². The van der Waals surface area contributed by atoms with Gasteiger partial charge in [-0.05, 0) is 24.6 Å². The summed E-state index contributed by atoms with van der Waals surface area (Å²) in [6.45, 7) is 2.69. The number of nitrogen functional groups attached to an aromatic ring is 1. The fraction of sp³-hybridized carbons (Fsp3) is 0.231. The number of nitrogens with zero attached hydrogens (tertiary/aromatic N) is 2. The first kappa shape index (κ1) is 12.0. The van der Waals surface area contributed by atoms with E-state index in [1.54, 1.807) is 0 Å². The minimum absolute atomic E-state index is 0.0346. The number of ether oxygens (including phenoxy) is 1. The molecule has 18 heavy (non-hydrogen) atoms. The third-order valence-electron chi connectivity index (χ3n) is 2.31. The first-order valence-electron chi connectivity index (χ1n) is 5.64. The highest BCUT2D eigenvalue weighted by atomic mass is 16.5. The van der Waals surface area contributed by atoms with E-state index in [0.29, 0.717) is 12.5 Å². The highest BCUT2D eigenvalue weighted by molar-refractivity contribution is 5.59. The van der Waals surface area contributed by atoms with Crippen LogP contribution in [0.25, 0.3) is 11.5 Å². The summed E-state index contributed by atoms with van der Waals surface area (Å²) in [7, 11) is 0. The topological polar surface area (TPSA) is 85.1 Å². The molecule has 0 amide bonds. The zero-order chi connectivity index (χ0) is 13.0. The normalized spacial score (nSPS) is 10.0. The molecule has 92 valence electrons. The molecule has 0 saturated carbocycles. The molecule has 0 radical (unpaired) electrons. The van der Waals surface area contributed by atoms with Gasteiger partial charge in [0, 0.05) is 5.56 Å². The molecule has 0 aliphatic heterocycles. The quantitative estimate of drug-likeness (QED) is 0.891. The highest BCUT2D eigenvalue weighted by Gasteiger charge is 2.12. The smallest absolute Gasteiger partial charge is 0.230 e. The molecule has 0 bridgehead atoms. The number of hydrogen-bond acceptors (Lipinski definition) is 5. The molecule has 2 rings (SSSR count). The number of anilines is 1. The van der Waals surface area contributed by atoms with E-state index >= 15 is 0 Å². The second-order valence-electron chi connectivity index (χ2n) is 3.72. The molecular formula is C13H13N3O2. The standard InChI is InChI=1S/C13H13N3O2/c1-2-6-17-10-5-3-4-9(7-10)13-16-11(8-14)12(15)18-13/h3-5,7H,2,6,15H2,1H3. The van der Waals surface area contributed by atoms with Crippen molar-refractivity contribution < 1.29 is 9.15 Å². The maximum Gasteiger partial charge on any atom is 0.230 e. The molecule has 1 aromatic heterocycles. The Morgan fingerprint density at radius 1 is 1.50 bits per heavy atom. The number of oxazole rings is 1. The van der Waals surface area contributed by atoms with Crippen molar-refractivity contribution in [2.24, 2.45) is 0 Å². The Balaban J connectivity index is 2.30. The van der Waals surface area contributed by atoms with Gasteiger partial charge in [0.15, 0.2) is 0 Å². The van der Waals surface area contributed by atoms with Crippen molar-refractivity contribution in [1.82, 2.24) is 4.98 Å². The van der Waals surface area contributed by atoms with Crippen LogP contribution >= 0.6 is 0 Å². The number of rotatable bonds is 4. The van der Waals surface area contributed by atoms with Crippen LogP contribution in [-0.4, -0.2) is 11.6 Å². The van der Waals surface area contributed by atoms with Crippen LogP contribution < -0.4 is 10.5 Å². The molecular weight excluding hydrogens is 230 g/mol. The van der Waals surface area contributed by atoms with Crippen LogP contribution in [0.2, 0.25) is 0 Å². The third-order valence-corrected chi connectivity index (χ3v) is 2.31. The van der Waals surface area contributed by atoms with E-state index in [0.717, 1.165) is 17.7 Å². The van der Waals surface area contributed by atoms with Gasteiger partial charge in [0.2, 0.25) is 17.5 Å². The fourth-order valence-electron chi connectivity index (χ4n) is 1.47. The maximum atomic E-state index is 8.77. The summed E-state index contributed by atoms with van der Waals surface area (Å²) < 4.78 is 10.8. The van der Waals surface area contributed by atoms with Crippen LogP contribution in [0.1, 0.15) is 19.0 Å². The van der Waals surface area contributed by atoms with Crippen LogP contribution in [0.15, 0.2) is 28.7 Å². The number of hydrogen-bond donors (Lipinski definition) is 1. The summed E-state index contributed by atoms with van der Waals surface area (Å²) in [4.78, 5) is 4.01. The third kappa shape index (κ3) is 2.43. The van der Waals surface area contributed by atoms with Crippen molar-refractivity contribution in [2.45, 2.75) is 13.3 Å². The SMILES string of the molecule is CCCOc1cccc(-c2nc(C#N)c(N)o2)c1. The summed E-state index contributed by atoms with van der Waals surface area (Å²) in [6, 6.07) is 9.20. The lowest BCUT2D eigenvalue weighted by Crippen LogP contribution is -1.94. The molecule has 0 saturated heterocycles. The number of nitrogens with two attached hydrogens (primary N) is 1. The Morgan fingerprint density at radius 2 is 2.33 bits per heavy atom. The Labute approximate surface area is 105 Å². The Hall–Kier alpha value is -2.48. The van der Waals surface area contributed by atoms with Gasteiger partial charge in [0.1, 0.15) is 11.8 Å². The summed E-state index contributed by atoms with van der Waals surface area (Å²) >= 11 is 0. The fourth-order valence-corrected chi connectivity index (χ4v) is 1.47. The lowest BCUT2D eigenvalue weighted by atomic mass is 10.2. The molecule has 0 fully saturated rings. The first-order chi connectivity index (χ1) is 8.74. The van der Waals surface area contributed by atoms with Gasteiger partial charge in [-0.25, -0.2) is 0 Å². The lowest BCUT2D eigenvalue weighted by Gasteiger charge is -2.04. The van der Waals surface area contributed by atoms with Gasteiger partial charge in [0.05, 0.1) is 6.61 Å². The van der Waals surface area contributed by atoms with Crippen LogP contribution in [-0.2, 0) is 0 Å². The average Bonchev–Trinajstić information content (AvgIpc) is 2.78. The lowest BCUT2D eigenvalue weighted by molar-refractivity contribution is 0.317. The molecule has 5 heteroatoms. The zero-order valence-corrected chi connectivity index (χ0v) is 10.0. The molecule has 0 atom stereocenters. The molecule has 1 aromatic carbocycles. The van der Waals surface area contributed by atoms with Crippen molar-refractivity contribution in [3.8, 4) is 23.3 Å². The first-order valence-corrected chi connectivity index (χ1v) is 5.64. The van der Waals surface area contributed by atoms with Gasteiger partial charge in [-0.3, -0.25) is 0 Å². The van der Waals surface area contributed by atoms with Gasteiger partial charge in [-0.1, -0.05) is 13.0 Å². The van der Waals surface area contributed by atoms with E-state index in [1.807, 2.05) is 37.3 Å². The predicted molar refractivity (Wildman–Crippen MR) is 66.9 cm³/mol. The molecule has 0 unspecified atom stereocenters. The van der Waals surface area contributed by atoms with E-state index in [9.17, 15) is 0 Å². The summed E-state index contributed by atoms with van der Waals surface area (Å²) in [5, 5.41) is 8.77. The predicted octanol–water partition coefficient (Wildman–Crippen LogP) is 2.58. The van der Waals surface area contributed by atoms with Gasteiger partial charge in [0.25, 0.3) is 0 Å². The molecule has 0 aliphatic rings. The minimum atomic E-state index is 0.0346. The van der Waals surface area contributed by atoms with E-state index in [1.165, 1.54) is 0 Å². The highest BCUT2D eigenvalue weighted by Crippen LogP contribution is 2.26. The Kier molecular flexibility index (Phi) is 3.49. The second-order valence-corrected chi connectivity index (χ2v) is 3.72. The van der Waals surface area contributed by atoms with E-state index < -0.39 is 0 Å². The van der Waals surface area contributed by atoms with Crippen LogP contribution in [0, 0.1) is 11.3 Å². The second kappa shape index (κ2) is 5.23. The molecule has 0 aliphatic carbocycles. The zero-order valence-electron chi connectivity index (χ0n) is 10.0. The van der Waals surface area contributed by atoms with Crippen molar-refractivity contribution >= 4 is 5.88 Å². The number of benzene rings is 1. The van der Waals surface area contributed by atoms with Crippen molar-refractivity contribution in [2.75, 3.05) is 12.3 Å². The monoisotopic (exact) mass is 243 g/mol. The minimum Gasteiger partial charge on any atom is -0.494 e. The van der Waals surface area contributed by atoms with Gasteiger partial charge in [-0.15, -0.1) is 0 Å². The van der Waals surface area contributed by atoms with Crippen LogP contribution in [0.5, 0.6) is 5.75 Å². The number of nitriles is 1. The molecule has 0 spiro atoms. The maximum absolute atomic E-state index is 8.77. The largest absolute Gasteiger partial charge is 0.494 e. The molecule has 1 heterocycles. The van der Waals surface area contributed by atoms with E-state index in [-0.39, 0.29) is 11.6 Å². The van der Waals surface area contributed by atoms with Crippen molar-refractivity contribution in [1.29, 1.82) is 5.26 Å². The van der Waals surface area contributed by atoms with Crippen molar-refractivity contribution in [3.05, 3.63) is 30.0 Å². The number of aromatic nitrogens is 1. The van der Waals surface area contributed by atoms with Gasteiger partial charge >= 0.3 is 0 Å². The Bertz CT molecular complexity index is 584. The molecule has 2 N–H and O–H groups in total. The Morgan fingerprint density at radius 3 is 3.00 bits per heavy atom. The molecule has 5 nitrogen and oxygen atoms in total. The average molecular weight is 243 g/mol. The van der Waals surface area contributed by atoms with E-state index in [4.69, 9.17) is 20.1 Å². The molecule has 2 aromatic rings.